The third kappa shape index (κ3) is 8.97. The molecule has 0 saturated carbocycles. The summed E-state index contributed by atoms with van der Waals surface area (Å²) in [7, 11) is 0. The second-order valence-corrected chi connectivity index (χ2v) is 5.14. The average molecular weight is 241 g/mol. The summed E-state index contributed by atoms with van der Waals surface area (Å²) >= 11 is 0. The van der Waals surface area contributed by atoms with Crippen LogP contribution in [0.3, 0.4) is 0 Å². The molecule has 0 radical (unpaired) electrons. The maximum atomic E-state index is 11.7. The highest BCUT2D eigenvalue weighted by molar-refractivity contribution is 4.71. The van der Waals surface area contributed by atoms with Crippen molar-refractivity contribution in [3.63, 3.8) is 0 Å². The first-order valence-electron chi connectivity index (χ1n) is 5.48. The van der Waals surface area contributed by atoms with Crippen molar-refractivity contribution < 1.29 is 17.9 Å². The largest absolute Gasteiger partial charge is 0.411 e. The van der Waals surface area contributed by atoms with Crippen LogP contribution in [0.1, 0.15) is 27.7 Å². The monoisotopic (exact) mass is 241 g/mol. The fourth-order valence-electron chi connectivity index (χ4n) is 0.957. The highest BCUT2D eigenvalue weighted by Gasteiger charge is 2.27. The van der Waals surface area contributed by atoms with Crippen LogP contribution in [0.4, 0.5) is 13.2 Å². The van der Waals surface area contributed by atoms with E-state index in [-0.39, 0.29) is 12.0 Å². The molecule has 0 aliphatic carbocycles. The lowest BCUT2D eigenvalue weighted by Crippen LogP contribution is -2.32. The number of hydrogen-bond acceptors (Lipinski definition) is 2. The molecule has 5 heteroatoms. The number of hydrogen-bond donors (Lipinski definition) is 1. The quantitative estimate of drug-likeness (QED) is 0.722. The summed E-state index contributed by atoms with van der Waals surface area (Å²) in [6.45, 7) is 8.71. The summed E-state index contributed by atoms with van der Waals surface area (Å²) in [5.74, 6) is 0.468. The van der Waals surface area contributed by atoms with Gasteiger partial charge in [-0.1, -0.05) is 27.7 Å². The molecule has 1 atom stereocenters. The van der Waals surface area contributed by atoms with Gasteiger partial charge in [0.25, 0.3) is 0 Å². The zero-order chi connectivity index (χ0) is 12.8. The molecule has 0 bridgehead atoms. The molecule has 0 rings (SSSR count). The zero-order valence-electron chi connectivity index (χ0n) is 10.4. The highest BCUT2D eigenvalue weighted by atomic mass is 19.4. The fraction of sp³-hybridized carbons (Fsp3) is 1.00. The summed E-state index contributed by atoms with van der Waals surface area (Å²) in [5, 5.41) is 3.09. The highest BCUT2D eigenvalue weighted by Crippen LogP contribution is 2.24. The summed E-state index contributed by atoms with van der Waals surface area (Å²) in [6.07, 6.45) is -4.22. The van der Waals surface area contributed by atoms with Gasteiger partial charge in [0.05, 0.1) is 6.61 Å². The lowest BCUT2D eigenvalue weighted by molar-refractivity contribution is -0.173. The standard InChI is InChI=1S/C11H22F3NO/c1-9(10(2,3)4)7-15-5-6-16-8-11(12,13)14/h9,15H,5-8H2,1-4H3. The van der Waals surface area contributed by atoms with E-state index in [1.807, 2.05) is 0 Å². The van der Waals surface area contributed by atoms with Crippen LogP contribution in [-0.4, -0.2) is 32.5 Å². The van der Waals surface area contributed by atoms with Crippen LogP contribution < -0.4 is 5.32 Å². The van der Waals surface area contributed by atoms with E-state index in [0.29, 0.717) is 12.5 Å². The van der Waals surface area contributed by atoms with E-state index in [0.717, 1.165) is 6.54 Å². The normalized spacial score (nSPS) is 15.2. The molecular formula is C11H22F3NO. The van der Waals surface area contributed by atoms with Crippen molar-refractivity contribution in [1.82, 2.24) is 5.32 Å². The van der Waals surface area contributed by atoms with Crippen molar-refractivity contribution in [2.75, 3.05) is 26.3 Å². The second kappa shape index (κ2) is 6.45. The predicted molar refractivity (Wildman–Crippen MR) is 58.4 cm³/mol. The molecule has 0 heterocycles. The van der Waals surface area contributed by atoms with Gasteiger partial charge in [-0.15, -0.1) is 0 Å². The third-order valence-corrected chi connectivity index (χ3v) is 2.62. The molecule has 0 amide bonds. The Balaban J connectivity index is 3.41. The number of ether oxygens (including phenoxy) is 1. The lowest BCUT2D eigenvalue weighted by Gasteiger charge is -2.27. The molecule has 0 saturated heterocycles. The molecule has 0 aromatic carbocycles. The Hall–Kier alpha value is -0.290. The van der Waals surface area contributed by atoms with Crippen LogP contribution in [-0.2, 0) is 4.74 Å². The minimum absolute atomic E-state index is 0.0936. The van der Waals surface area contributed by atoms with E-state index in [1.165, 1.54) is 0 Å². The van der Waals surface area contributed by atoms with Gasteiger partial charge in [0.15, 0.2) is 0 Å². The van der Waals surface area contributed by atoms with E-state index >= 15 is 0 Å². The van der Waals surface area contributed by atoms with Gasteiger partial charge in [0.2, 0.25) is 0 Å². The minimum Gasteiger partial charge on any atom is -0.371 e. The van der Waals surface area contributed by atoms with Crippen molar-refractivity contribution in [3.8, 4) is 0 Å². The zero-order valence-corrected chi connectivity index (χ0v) is 10.4. The maximum Gasteiger partial charge on any atom is 0.411 e. The van der Waals surface area contributed by atoms with Gasteiger partial charge in [-0.25, -0.2) is 0 Å². The van der Waals surface area contributed by atoms with Crippen LogP contribution >= 0.6 is 0 Å². The van der Waals surface area contributed by atoms with Gasteiger partial charge in [-0.2, -0.15) is 13.2 Å². The van der Waals surface area contributed by atoms with E-state index in [4.69, 9.17) is 0 Å². The Bertz CT molecular complexity index is 187. The van der Waals surface area contributed by atoms with E-state index < -0.39 is 12.8 Å². The number of nitrogens with one attached hydrogen (secondary N) is 1. The predicted octanol–water partition coefficient (Wildman–Crippen LogP) is 2.84. The minimum atomic E-state index is -4.22. The van der Waals surface area contributed by atoms with Gasteiger partial charge in [-0.3, -0.25) is 0 Å². The molecular weight excluding hydrogens is 219 g/mol. The smallest absolute Gasteiger partial charge is 0.371 e. The topological polar surface area (TPSA) is 21.3 Å². The van der Waals surface area contributed by atoms with Crippen LogP contribution in [0.25, 0.3) is 0 Å². The maximum absolute atomic E-state index is 11.7. The Morgan fingerprint density at radius 2 is 1.75 bits per heavy atom. The second-order valence-electron chi connectivity index (χ2n) is 5.14. The fourth-order valence-corrected chi connectivity index (χ4v) is 0.957. The molecule has 98 valence electrons. The van der Waals surface area contributed by atoms with Crippen molar-refractivity contribution >= 4 is 0 Å². The molecule has 0 aliphatic rings. The van der Waals surface area contributed by atoms with Crippen molar-refractivity contribution in [2.45, 2.75) is 33.9 Å². The van der Waals surface area contributed by atoms with Gasteiger partial charge in [-0.05, 0) is 17.9 Å². The van der Waals surface area contributed by atoms with Gasteiger partial charge >= 0.3 is 6.18 Å². The Labute approximate surface area is 95.5 Å². The van der Waals surface area contributed by atoms with Crippen molar-refractivity contribution in [3.05, 3.63) is 0 Å². The van der Waals surface area contributed by atoms with Gasteiger partial charge in [0.1, 0.15) is 6.61 Å². The molecule has 0 aromatic rings. The van der Waals surface area contributed by atoms with Crippen LogP contribution in [0, 0.1) is 11.3 Å². The molecule has 0 fully saturated rings. The van der Waals surface area contributed by atoms with Gasteiger partial charge < -0.3 is 10.1 Å². The molecule has 0 spiro atoms. The number of rotatable bonds is 6. The summed E-state index contributed by atoms with van der Waals surface area (Å²) in [5.41, 5.74) is 0.208. The Kier molecular flexibility index (Phi) is 6.33. The molecule has 1 unspecified atom stereocenters. The van der Waals surface area contributed by atoms with Crippen LogP contribution in [0.15, 0.2) is 0 Å². The molecule has 0 aromatic heterocycles. The summed E-state index contributed by atoms with van der Waals surface area (Å²) in [6, 6.07) is 0. The Morgan fingerprint density at radius 1 is 1.19 bits per heavy atom. The van der Waals surface area contributed by atoms with Crippen LogP contribution in [0.2, 0.25) is 0 Å². The van der Waals surface area contributed by atoms with Crippen molar-refractivity contribution in [2.24, 2.45) is 11.3 Å². The lowest BCUT2D eigenvalue weighted by atomic mass is 9.82. The van der Waals surface area contributed by atoms with Gasteiger partial charge in [0, 0.05) is 6.54 Å². The Morgan fingerprint density at radius 3 is 2.19 bits per heavy atom. The number of halogens is 3. The first kappa shape index (κ1) is 15.7. The van der Waals surface area contributed by atoms with E-state index in [9.17, 15) is 13.2 Å². The summed E-state index contributed by atoms with van der Waals surface area (Å²) < 4.78 is 39.6. The molecule has 0 aliphatic heterocycles. The first-order valence-corrected chi connectivity index (χ1v) is 5.48. The molecule has 2 nitrogen and oxygen atoms in total. The SMILES string of the molecule is CC(CNCCOCC(F)(F)F)C(C)(C)C. The van der Waals surface area contributed by atoms with E-state index in [2.05, 4.69) is 37.7 Å². The first-order chi connectivity index (χ1) is 7.13. The number of alkyl halides is 3. The molecule has 1 N–H and O–H groups in total. The molecule has 16 heavy (non-hydrogen) atoms. The van der Waals surface area contributed by atoms with Crippen molar-refractivity contribution in [1.29, 1.82) is 0 Å². The van der Waals surface area contributed by atoms with E-state index in [1.54, 1.807) is 0 Å². The summed E-state index contributed by atoms with van der Waals surface area (Å²) in [4.78, 5) is 0. The third-order valence-electron chi connectivity index (χ3n) is 2.62. The average Bonchev–Trinajstić information content (AvgIpc) is 2.07. The van der Waals surface area contributed by atoms with Crippen LogP contribution in [0.5, 0.6) is 0 Å².